The van der Waals surface area contributed by atoms with E-state index in [1.54, 1.807) is 18.3 Å². The van der Waals surface area contributed by atoms with Crippen molar-refractivity contribution in [3.8, 4) is 0 Å². The predicted molar refractivity (Wildman–Crippen MR) is 66.4 cm³/mol. The first-order chi connectivity index (χ1) is 8.31. The van der Waals surface area contributed by atoms with Gasteiger partial charge in [0, 0.05) is 24.9 Å². The lowest BCUT2D eigenvalue weighted by molar-refractivity contribution is 0.620. The number of likely N-dealkylation sites (N-methyl/N-ethyl adjacent to an activating group) is 1. The minimum absolute atomic E-state index is 0.129. The van der Waals surface area contributed by atoms with Crippen LogP contribution in [0.15, 0.2) is 48.8 Å². The molecule has 0 bridgehead atoms. The van der Waals surface area contributed by atoms with Gasteiger partial charge in [-0.2, -0.15) is 0 Å². The van der Waals surface area contributed by atoms with Crippen molar-refractivity contribution >= 4 is 0 Å². The Morgan fingerprint density at radius 1 is 1.24 bits per heavy atom. The fourth-order valence-corrected chi connectivity index (χ4v) is 1.94. The molecule has 0 aliphatic heterocycles. The van der Waals surface area contributed by atoms with Gasteiger partial charge < -0.3 is 5.32 Å². The molecule has 0 saturated heterocycles. The summed E-state index contributed by atoms with van der Waals surface area (Å²) >= 11 is 0. The Morgan fingerprint density at radius 3 is 2.71 bits per heavy atom. The SMILES string of the molecule is CNCC(c1cccnc1)c1cccc(F)c1. The van der Waals surface area contributed by atoms with Crippen LogP contribution in [0.4, 0.5) is 4.39 Å². The number of hydrogen-bond donors (Lipinski definition) is 1. The van der Waals surface area contributed by atoms with Crippen LogP contribution in [-0.2, 0) is 0 Å². The molecule has 1 aromatic carbocycles. The molecular formula is C14H15FN2. The van der Waals surface area contributed by atoms with E-state index in [4.69, 9.17) is 0 Å². The van der Waals surface area contributed by atoms with E-state index in [0.717, 1.165) is 17.7 Å². The topological polar surface area (TPSA) is 24.9 Å². The van der Waals surface area contributed by atoms with E-state index in [-0.39, 0.29) is 11.7 Å². The van der Waals surface area contributed by atoms with E-state index in [1.165, 1.54) is 6.07 Å². The minimum Gasteiger partial charge on any atom is -0.319 e. The van der Waals surface area contributed by atoms with Crippen LogP contribution >= 0.6 is 0 Å². The van der Waals surface area contributed by atoms with Crippen molar-refractivity contribution in [1.82, 2.24) is 10.3 Å². The number of nitrogens with zero attached hydrogens (tertiary/aromatic N) is 1. The maximum atomic E-state index is 13.2. The van der Waals surface area contributed by atoms with Crippen LogP contribution in [-0.4, -0.2) is 18.6 Å². The van der Waals surface area contributed by atoms with Gasteiger partial charge in [-0.05, 0) is 36.4 Å². The van der Waals surface area contributed by atoms with Gasteiger partial charge in [0.1, 0.15) is 5.82 Å². The quantitative estimate of drug-likeness (QED) is 0.873. The highest BCUT2D eigenvalue weighted by Crippen LogP contribution is 2.23. The van der Waals surface area contributed by atoms with Crippen LogP contribution in [0.1, 0.15) is 17.0 Å². The van der Waals surface area contributed by atoms with Gasteiger partial charge in [-0.15, -0.1) is 0 Å². The summed E-state index contributed by atoms with van der Waals surface area (Å²) in [5.41, 5.74) is 2.06. The predicted octanol–water partition coefficient (Wildman–Crippen LogP) is 2.57. The van der Waals surface area contributed by atoms with Crippen LogP contribution in [0.3, 0.4) is 0 Å². The zero-order valence-corrected chi connectivity index (χ0v) is 9.73. The highest BCUT2D eigenvalue weighted by molar-refractivity contribution is 5.31. The molecule has 0 aliphatic carbocycles. The summed E-state index contributed by atoms with van der Waals surface area (Å²) in [4.78, 5) is 4.11. The second-order valence-corrected chi connectivity index (χ2v) is 3.95. The fraction of sp³-hybridized carbons (Fsp3) is 0.214. The summed E-state index contributed by atoms with van der Waals surface area (Å²) in [6.07, 6.45) is 3.57. The van der Waals surface area contributed by atoms with Gasteiger partial charge in [-0.1, -0.05) is 18.2 Å². The Labute approximate surface area is 101 Å². The van der Waals surface area contributed by atoms with Crippen molar-refractivity contribution in [2.24, 2.45) is 0 Å². The molecule has 0 fully saturated rings. The Balaban J connectivity index is 2.35. The second-order valence-electron chi connectivity index (χ2n) is 3.95. The van der Waals surface area contributed by atoms with Crippen LogP contribution in [0.25, 0.3) is 0 Å². The number of pyridine rings is 1. The van der Waals surface area contributed by atoms with E-state index in [0.29, 0.717) is 0 Å². The van der Waals surface area contributed by atoms with Crippen LogP contribution < -0.4 is 5.32 Å². The first kappa shape index (κ1) is 11.7. The van der Waals surface area contributed by atoms with Gasteiger partial charge in [-0.3, -0.25) is 4.98 Å². The Kier molecular flexibility index (Phi) is 3.83. The number of aromatic nitrogens is 1. The molecule has 3 heteroatoms. The number of benzene rings is 1. The van der Waals surface area contributed by atoms with Crippen molar-refractivity contribution in [2.75, 3.05) is 13.6 Å². The summed E-state index contributed by atoms with van der Waals surface area (Å²) < 4.78 is 13.2. The number of nitrogens with one attached hydrogen (secondary N) is 1. The lowest BCUT2D eigenvalue weighted by Crippen LogP contribution is -2.18. The summed E-state index contributed by atoms with van der Waals surface area (Å²) in [6, 6.07) is 10.6. The molecule has 2 rings (SSSR count). The highest BCUT2D eigenvalue weighted by Gasteiger charge is 2.13. The minimum atomic E-state index is -0.201. The first-order valence-electron chi connectivity index (χ1n) is 5.61. The maximum Gasteiger partial charge on any atom is 0.123 e. The molecule has 1 aromatic heterocycles. The molecule has 1 atom stereocenters. The monoisotopic (exact) mass is 230 g/mol. The van der Waals surface area contributed by atoms with Gasteiger partial charge in [0.05, 0.1) is 0 Å². The molecule has 0 aliphatic rings. The van der Waals surface area contributed by atoms with Crippen LogP contribution in [0.2, 0.25) is 0 Å². The normalized spacial score (nSPS) is 12.4. The molecule has 0 spiro atoms. The van der Waals surface area contributed by atoms with E-state index in [2.05, 4.69) is 10.3 Å². The zero-order valence-electron chi connectivity index (χ0n) is 9.73. The molecule has 2 nitrogen and oxygen atoms in total. The first-order valence-corrected chi connectivity index (χ1v) is 5.61. The van der Waals surface area contributed by atoms with E-state index >= 15 is 0 Å². The Hall–Kier alpha value is -1.74. The lowest BCUT2D eigenvalue weighted by Gasteiger charge is -2.17. The molecule has 88 valence electrons. The summed E-state index contributed by atoms with van der Waals surface area (Å²) in [5, 5.41) is 3.13. The number of hydrogen-bond acceptors (Lipinski definition) is 2. The highest BCUT2D eigenvalue weighted by atomic mass is 19.1. The number of halogens is 1. The average molecular weight is 230 g/mol. The van der Waals surface area contributed by atoms with Gasteiger partial charge >= 0.3 is 0 Å². The fourth-order valence-electron chi connectivity index (χ4n) is 1.94. The third kappa shape index (κ3) is 2.88. The molecule has 0 amide bonds. The molecule has 1 N–H and O–H groups in total. The van der Waals surface area contributed by atoms with Gasteiger partial charge in [0.15, 0.2) is 0 Å². The molecule has 0 radical (unpaired) electrons. The third-order valence-electron chi connectivity index (χ3n) is 2.75. The van der Waals surface area contributed by atoms with Crippen molar-refractivity contribution < 1.29 is 4.39 Å². The molecule has 1 unspecified atom stereocenters. The van der Waals surface area contributed by atoms with E-state index in [1.807, 2.05) is 31.4 Å². The summed E-state index contributed by atoms with van der Waals surface area (Å²) in [7, 11) is 1.89. The second kappa shape index (κ2) is 5.55. The van der Waals surface area contributed by atoms with E-state index < -0.39 is 0 Å². The molecule has 0 saturated carbocycles. The van der Waals surface area contributed by atoms with Crippen molar-refractivity contribution in [1.29, 1.82) is 0 Å². The molecular weight excluding hydrogens is 215 g/mol. The van der Waals surface area contributed by atoms with Crippen LogP contribution in [0, 0.1) is 5.82 Å². The average Bonchev–Trinajstić information content (AvgIpc) is 2.37. The largest absolute Gasteiger partial charge is 0.319 e. The van der Waals surface area contributed by atoms with Crippen molar-refractivity contribution in [2.45, 2.75) is 5.92 Å². The number of rotatable bonds is 4. The third-order valence-corrected chi connectivity index (χ3v) is 2.75. The van der Waals surface area contributed by atoms with E-state index in [9.17, 15) is 4.39 Å². The van der Waals surface area contributed by atoms with Crippen molar-refractivity contribution in [3.63, 3.8) is 0 Å². The lowest BCUT2D eigenvalue weighted by atomic mass is 9.92. The molecule has 17 heavy (non-hydrogen) atoms. The molecule has 2 aromatic rings. The zero-order chi connectivity index (χ0) is 12.1. The van der Waals surface area contributed by atoms with Crippen LogP contribution in [0.5, 0.6) is 0 Å². The smallest absolute Gasteiger partial charge is 0.123 e. The molecule has 1 heterocycles. The Morgan fingerprint density at radius 2 is 2.06 bits per heavy atom. The standard InChI is InChI=1S/C14H15FN2/c1-16-10-14(12-5-3-7-17-9-12)11-4-2-6-13(15)8-11/h2-9,14,16H,10H2,1H3. The summed E-state index contributed by atoms with van der Waals surface area (Å²) in [5.74, 6) is -0.0723. The van der Waals surface area contributed by atoms with Crippen molar-refractivity contribution in [3.05, 3.63) is 65.7 Å². The van der Waals surface area contributed by atoms with Gasteiger partial charge in [0.2, 0.25) is 0 Å². The summed E-state index contributed by atoms with van der Waals surface area (Å²) in [6.45, 7) is 0.759. The maximum absolute atomic E-state index is 13.2. The van der Waals surface area contributed by atoms with Gasteiger partial charge in [-0.25, -0.2) is 4.39 Å². The Bertz CT molecular complexity index is 471. The van der Waals surface area contributed by atoms with Gasteiger partial charge in [0.25, 0.3) is 0 Å².